The molecule has 174 valence electrons. The largest absolute Gasteiger partial charge is 0.391 e. The quantitative estimate of drug-likeness (QED) is 0.536. The van der Waals surface area contributed by atoms with Gasteiger partial charge in [0.15, 0.2) is 0 Å². The summed E-state index contributed by atoms with van der Waals surface area (Å²) >= 11 is 0. The number of hydrogen-bond acceptors (Lipinski definition) is 5. The Morgan fingerprint density at radius 2 is 2.03 bits per heavy atom. The third-order valence-electron chi connectivity index (χ3n) is 6.53. The van der Waals surface area contributed by atoms with E-state index in [1.807, 2.05) is 23.0 Å². The van der Waals surface area contributed by atoms with Gasteiger partial charge in [-0.3, -0.25) is 4.79 Å². The van der Waals surface area contributed by atoms with Gasteiger partial charge in [-0.2, -0.15) is 5.10 Å². The van der Waals surface area contributed by atoms with Crippen molar-refractivity contribution in [1.29, 1.82) is 0 Å². The van der Waals surface area contributed by atoms with Crippen molar-refractivity contribution >= 4 is 18.3 Å². The van der Waals surface area contributed by atoms with E-state index in [1.54, 1.807) is 6.20 Å². The smallest absolute Gasteiger partial charge is 0.270 e. The van der Waals surface area contributed by atoms with E-state index < -0.39 is 6.10 Å². The molecule has 3 heterocycles. The van der Waals surface area contributed by atoms with Gasteiger partial charge >= 0.3 is 0 Å². The lowest BCUT2D eigenvalue weighted by Gasteiger charge is -2.28. The maximum absolute atomic E-state index is 13.0. The van der Waals surface area contributed by atoms with Crippen LogP contribution in [0.3, 0.4) is 0 Å². The van der Waals surface area contributed by atoms with Crippen LogP contribution in [0.15, 0.2) is 48.8 Å². The second kappa shape index (κ2) is 10.5. The van der Waals surface area contributed by atoms with Crippen LogP contribution in [-0.4, -0.2) is 44.5 Å². The summed E-state index contributed by atoms with van der Waals surface area (Å²) in [6.45, 7) is 1.59. The predicted molar refractivity (Wildman–Crippen MR) is 129 cm³/mol. The van der Waals surface area contributed by atoms with Crippen LogP contribution in [0.25, 0.3) is 5.69 Å². The molecule has 1 amide bonds. The van der Waals surface area contributed by atoms with E-state index >= 15 is 0 Å². The number of aromatic nitrogens is 3. The monoisotopic (exact) mass is 467 g/mol. The van der Waals surface area contributed by atoms with Gasteiger partial charge in [0.05, 0.1) is 23.5 Å². The second-order valence-corrected chi connectivity index (χ2v) is 8.74. The molecule has 1 fully saturated rings. The molecule has 8 heteroatoms. The highest BCUT2D eigenvalue weighted by Crippen LogP contribution is 2.23. The van der Waals surface area contributed by atoms with E-state index in [2.05, 4.69) is 45.0 Å². The van der Waals surface area contributed by atoms with Crippen LogP contribution in [0.1, 0.15) is 58.6 Å². The molecule has 2 aliphatic rings. The Bertz CT molecular complexity index is 1080. The lowest BCUT2D eigenvalue weighted by atomic mass is 9.92. The van der Waals surface area contributed by atoms with Crippen LogP contribution in [0.4, 0.5) is 0 Å². The van der Waals surface area contributed by atoms with Gasteiger partial charge in [0, 0.05) is 18.9 Å². The van der Waals surface area contributed by atoms with E-state index in [9.17, 15) is 9.90 Å². The standard InChI is InChI=1S/C25H29N5O2.ClH/c31-24-5-2-1-4-21(24)29-25(32)22-15-18(20-10-12-26-16-23(20)28-22)14-17-6-8-19(9-7-17)30-13-3-11-27-30;/h3,6-9,11,13,15,21,24,26,31H,1-2,4-5,10,12,14,16H2,(H,29,32);1H/t21-,24-;/m0./s1. The molecule has 3 aromatic rings. The highest BCUT2D eigenvalue weighted by atomic mass is 35.5. The van der Waals surface area contributed by atoms with Gasteiger partial charge in [0.2, 0.25) is 0 Å². The molecule has 1 aliphatic heterocycles. The molecule has 1 aromatic carbocycles. The van der Waals surface area contributed by atoms with Crippen molar-refractivity contribution in [3.8, 4) is 5.69 Å². The minimum absolute atomic E-state index is 0. The summed E-state index contributed by atoms with van der Waals surface area (Å²) in [5, 5.41) is 20.9. The Hall–Kier alpha value is -2.74. The number of benzene rings is 1. The third-order valence-corrected chi connectivity index (χ3v) is 6.53. The predicted octanol–water partition coefficient (Wildman–Crippen LogP) is 2.96. The summed E-state index contributed by atoms with van der Waals surface area (Å²) in [5.74, 6) is -0.195. The topological polar surface area (TPSA) is 92.1 Å². The van der Waals surface area contributed by atoms with Crippen molar-refractivity contribution in [3.63, 3.8) is 0 Å². The number of nitrogens with one attached hydrogen (secondary N) is 2. The molecular formula is C25H30ClN5O2. The SMILES string of the molecule is Cl.O=C(N[C@H]1CCCC[C@@H]1O)c1cc(Cc2ccc(-n3cccn3)cc2)c2c(n1)CNCC2. The molecule has 33 heavy (non-hydrogen) atoms. The van der Waals surface area contributed by atoms with Gasteiger partial charge in [-0.15, -0.1) is 12.4 Å². The Morgan fingerprint density at radius 1 is 1.21 bits per heavy atom. The summed E-state index contributed by atoms with van der Waals surface area (Å²) in [7, 11) is 0. The first kappa shape index (κ1) is 23.4. The van der Waals surface area contributed by atoms with Crippen LogP contribution in [0, 0.1) is 0 Å². The molecule has 3 N–H and O–H groups in total. The normalized spacial score (nSPS) is 19.9. The zero-order valence-electron chi connectivity index (χ0n) is 18.5. The molecule has 5 rings (SSSR count). The average Bonchev–Trinajstić information content (AvgIpc) is 3.36. The number of carbonyl (C=O) groups is 1. The number of halogens is 1. The molecule has 0 bridgehead atoms. The summed E-state index contributed by atoms with van der Waals surface area (Å²) in [6, 6.07) is 12.0. The number of hydrogen-bond donors (Lipinski definition) is 3. The van der Waals surface area contributed by atoms with Crippen LogP contribution >= 0.6 is 12.4 Å². The van der Waals surface area contributed by atoms with Crippen molar-refractivity contribution in [2.24, 2.45) is 0 Å². The van der Waals surface area contributed by atoms with Crippen LogP contribution in [0.5, 0.6) is 0 Å². The molecule has 0 unspecified atom stereocenters. The van der Waals surface area contributed by atoms with Gasteiger partial charge in [0.1, 0.15) is 5.69 Å². The van der Waals surface area contributed by atoms with E-state index in [0.29, 0.717) is 12.2 Å². The summed E-state index contributed by atoms with van der Waals surface area (Å²) in [6.07, 6.45) is 8.48. The Kier molecular flexibility index (Phi) is 7.42. The van der Waals surface area contributed by atoms with Crippen molar-refractivity contribution in [2.75, 3.05) is 6.54 Å². The Labute approximate surface area is 200 Å². The fourth-order valence-corrected chi connectivity index (χ4v) is 4.76. The van der Waals surface area contributed by atoms with Crippen molar-refractivity contribution in [3.05, 3.63) is 76.9 Å². The number of aliphatic hydroxyl groups excluding tert-OH is 1. The average molecular weight is 468 g/mol. The second-order valence-electron chi connectivity index (χ2n) is 8.74. The molecule has 0 saturated heterocycles. The van der Waals surface area contributed by atoms with Gasteiger partial charge in [0.25, 0.3) is 5.91 Å². The molecule has 1 saturated carbocycles. The highest BCUT2D eigenvalue weighted by molar-refractivity contribution is 5.93. The maximum atomic E-state index is 13.0. The third kappa shape index (κ3) is 5.27. The Balaban J connectivity index is 0.00000259. The molecule has 7 nitrogen and oxygen atoms in total. The van der Waals surface area contributed by atoms with Gasteiger partial charge in [-0.1, -0.05) is 25.0 Å². The van der Waals surface area contributed by atoms with Gasteiger partial charge in [-0.05, 0) is 73.2 Å². The van der Waals surface area contributed by atoms with Crippen molar-refractivity contribution in [1.82, 2.24) is 25.4 Å². The molecular weight excluding hydrogens is 438 g/mol. The number of nitrogens with zero attached hydrogens (tertiary/aromatic N) is 3. The molecule has 1 aliphatic carbocycles. The lowest BCUT2D eigenvalue weighted by molar-refractivity contribution is 0.0713. The molecule has 0 spiro atoms. The van der Waals surface area contributed by atoms with Crippen LogP contribution in [0.2, 0.25) is 0 Å². The highest BCUT2D eigenvalue weighted by Gasteiger charge is 2.26. The summed E-state index contributed by atoms with van der Waals surface area (Å²) in [5.41, 5.74) is 5.99. The van der Waals surface area contributed by atoms with Gasteiger partial charge in [-0.25, -0.2) is 9.67 Å². The molecule has 2 aromatic heterocycles. The number of fused-ring (bicyclic) bond motifs is 1. The first-order chi connectivity index (χ1) is 15.7. The zero-order chi connectivity index (χ0) is 21.9. The molecule has 2 atom stereocenters. The number of amides is 1. The number of pyridine rings is 1. The minimum Gasteiger partial charge on any atom is -0.391 e. The van der Waals surface area contributed by atoms with Gasteiger partial charge < -0.3 is 15.7 Å². The van der Waals surface area contributed by atoms with E-state index in [0.717, 1.165) is 62.0 Å². The maximum Gasteiger partial charge on any atom is 0.270 e. The fourth-order valence-electron chi connectivity index (χ4n) is 4.76. The fraction of sp³-hybridized carbons (Fsp3) is 0.400. The number of rotatable bonds is 5. The lowest BCUT2D eigenvalue weighted by Crippen LogP contribution is -2.45. The summed E-state index contributed by atoms with van der Waals surface area (Å²) < 4.78 is 1.84. The molecule has 0 radical (unpaired) electrons. The van der Waals surface area contributed by atoms with Crippen LogP contribution < -0.4 is 10.6 Å². The van der Waals surface area contributed by atoms with Crippen molar-refractivity contribution in [2.45, 2.75) is 57.2 Å². The van der Waals surface area contributed by atoms with E-state index in [1.165, 1.54) is 11.1 Å². The summed E-state index contributed by atoms with van der Waals surface area (Å²) in [4.78, 5) is 17.7. The number of aliphatic hydroxyl groups is 1. The minimum atomic E-state index is -0.472. The first-order valence-corrected chi connectivity index (χ1v) is 11.5. The number of carbonyl (C=O) groups excluding carboxylic acids is 1. The van der Waals surface area contributed by atoms with E-state index in [-0.39, 0.29) is 24.4 Å². The Morgan fingerprint density at radius 3 is 2.79 bits per heavy atom. The van der Waals surface area contributed by atoms with E-state index in [4.69, 9.17) is 0 Å². The van der Waals surface area contributed by atoms with Crippen LogP contribution in [-0.2, 0) is 19.4 Å². The first-order valence-electron chi connectivity index (χ1n) is 11.5. The van der Waals surface area contributed by atoms with Crippen molar-refractivity contribution < 1.29 is 9.90 Å². The zero-order valence-corrected chi connectivity index (χ0v) is 19.4.